The van der Waals surface area contributed by atoms with E-state index in [2.05, 4.69) is 31.0 Å². The number of ether oxygens (including phenoxy) is 1. The van der Waals surface area contributed by atoms with Crippen LogP contribution in [0.5, 0.6) is 5.75 Å². The standard InChI is InChI=1S/C26H43N3O3/c1-19-15-29(20(2)18-30)26(31)14-22-13-23(27(3)4)11-12-24(22)32-25(19)17-28(5)16-21-9-7-6-8-10-21/h11-13,19-21,25,30H,6-10,14-18H2,1-5H3/t19-,20+,25+/m1/s1. The van der Waals surface area contributed by atoms with E-state index < -0.39 is 0 Å². The third-order valence-corrected chi connectivity index (χ3v) is 7.20. The van der Waals surface area contributed by atoms with Gasteiger partial charge in [0.1, 0.15) is 11.9 Å². The Morgan fingerprint density at radius 3 is 2.53 bits per heavy atom. The summed E-state index contributed by atoms with van der Waals surface area (Å²) >= 11 is 0. The zero-order valence-corrected chi connectivity index (χ0v) is 20.7. The number of rotatable bonds is 7. The van der Waals surface area contributed by atoms with Crippen LogP contribution >= 0.6 is 0 Å². The summed E-state index contributed by atoms with van der Waals surface area (Å²) in [4.78, 5) is 19.5. The first-order chi connectivity index (χ1) is 15.3. The molecular weight excluding hydrogens is 402 g/mol. The van der Waals surface area contributed by atoms with Gasteiger partial charge in [0, 0.05) is 50.9 Å². The molecule has 180 valence electrons. The molecular formula is C26H43N3O3. The van der Waals surface area contributed by atoms with Crippen LogP contribution in [0.1, 0.15) is 51.5 Å². The van der Waals surface area contributed by atoms with Crippen LogP contribution in [0.2, 0.25) is 0 Å². The molecule has 6 heteroatoms. The van der Waals surface area contributed by atoms with Gasteiger partial charge in [-0.15, -0.1) is 0 Å². The Kier molecular flexibility index (Phi) is 8.83. The number of carbonyl (C=O) groups excluding carboxylic acids is 1. The molecule has 0 aromatic heterocycles. The summed E-state index contributed by atoms with van der Waals surface area (Å²) in [6.07, 6.45) is 7.02. The van der Waals surface area contributed by atoms with E-state index in [9.17, 15) is 9.90 Å². The van der Waals surface area contributed by atoms with E-state index in [1.54, 1.807) is 0 Å². The molecule has 1 N–H and O–H groups in total. The molecule has 3 rings (SSSR count). The quantitative estimate of drug-likeness (QED) is 0.697. The highest BCUT2D eigenvalue weighted by Gasteiger charge is 2.31. The molecule has 1 amide bonds. The first-order valence-electron chi connectivity index (χ1n) is 12.3. The minimum absolute atomic E-state index is 0.0214. The minimum Gasteiger partial charge on any atom is -0.488 e. The third kappa shape index (κ3) is 6.38. The molecule has 2 aliphatic rings. The van der Waals surface area contributed by atoms with Crippen LogP contribution in [-0.2, 0) is 11.2 Å². The predicted molar refractivity (Wildman–Crippen MR) is 130 cm³/mol. The lowest BCUT2D eigenvalue weighted by molar-refractivity contribution is -0.134. The Morgan fingerprint density at radius 2 is 1.88 bits per heavy atom. The van der Waals surface area contributed by atoms with Crippen molar-refractivity contribution >= 4 is 11.6 Å². The van der Waals surface area contributed by atoms with E-state index in [1.807, 2.05) is 36.9 Å². The van der Waals surface area contributed by atoms with Gasteiger partial charge in [-0.3, -0.25) is 4.79 Å². The average Bonchev–Trinajstić information content (AvgIpc) is 2.81. The molecule has 1 aromatic carbocycles. The summed E-state index contributed by atoms with van der Waals surface area (Å²) in [5, 5.41) is 9.79. The van der Waals surface area contributed by atoms with Crippen LogP contribution in [0.15, 0.2) is 18.2 Å². The van der Waals surface area contributed by atoms with Crippen LogP contribution in [0.3, 0.4) is 0 Å². The monoisotopic (exact) mass is 445 g/mol. The zero-order chi connectivity index (χ0) is 23.3. The molecule has 1 aliphatic heterocycles. The van der Waals surface area contributed by atoms with Gasteiger partial charge in [-0.1, -0.05) is 26.2 Å². The fourth-order valence-electron chi connectivity index (χ4n) is 5.10. The molecule has 3 atom stereocenters. The SMILES string of the molecule is C[C@@H]1CN([C@@H](C)CO)C(=O)Cc2cc(N(C)C)ccc2O[C@H]1CN(C)CC1CCCCC1. The molecule has 0 bridgehead atoms. The smallest absolute Gasteiger partial charge is 0.227 e. The number of aliphatic hydroxyl groups is 1. The van der Waals surface area contributed by atoms with Gasteiger partial charge < -0.3 is 24.5 Å². The van der Waals surface area contributed by atoms with Gasteiger partial charge in [0.2, 0.25) is 5.91 Å². The molecule has 1 saturated carbocycles. The number of benzene rings is 1. The zero-order valence-electron chi connectivity index (χ0n) is 20.7. The second kappa shape index (κ2) is 11.4. The molecule has 32 heavy (non-hydrogen) atoms. The maximum absolute atomic E-state index is 13.2. The summed E-state index contributed by atoms with van der Waals surface area (Å²) < 4.78 is 6.63. The first-order valence-corrected chi connectivity index (χ1v) is 12.3. The van der Waals surface area contributed by atoms with Crippen molar-refractivity contribution in [3.05, 3.63) is 23.8 Å². The van der Waals surface area contributed by atoms with Gasteiger partial charge in [-0.25, -0.2) is 0 Å². The van der Waals surface area contributed by atoms with Crippen molar-refractivity contribution in [2.75, 3.05) is 52.3 Å². The van der Waals surface area contributed by atoms with Gasteiger partial charge in [-0.05, 0) is 50.9 Å². The number of hydrogen-bond acceptors (Lipinski definition) is 5. The lowest BCUT2D eigenvalue weighted by Crippen LogP contribution is -2.48. The molecule has 0 spiro atoms. The first kappa shape index (κ1) is 24.8. The predicted octanol–water partition coefficient (Wildman–Crippen LogP) is 3.41. The van der Waals surface area contributed by atoms with Gasteiger partial charge in [0.05, 0.1) is 19.1 Å². The maximum atomic E-state index is 13.2. The lowest BCUT2D eigenvalue weighted by Gasteiger charge is -2.35. The van der Waals surface area contributed by atoms with E-state index >= 15 is 0 Å². The van der Waals surface area contributed by atoms with Crippen molar-refractivity contribution in [2.45, 2.75) is 64.5 Å². The van der Waals surface area contributed by atoms with Crippen molar-refractivity contribution in [2.24, 2.45) is 11.8 Å². The molecule has 1 aliphatic carbocycles. The number of aliphatic hydroxyl groups excluding tert-OH is 1. The summed E-state index contributed by atoms with van der Waals surface area (Å²) in [6, 6.07) is 5.93. The van der Waals surface area contributed by atoms with Crippen LogP contribution in [0.4, 0.5) is 5.69 Å². The number of fused-ring (bicyclic) bond motifs is 1. The largest absolute Gasteiger partial charge is 0.488 e. The van der Waals surface area contributed by atoms with Crippen molar-refractivity contribution in [3.8, 4) is 5.75 Å². The topological polar surface area (TPSA) is 56.3 Å². The number of hydrogen-bond donors (Lipinski definition) is 1. The van der Waals surface area contributed by atoms with Gasteiger partial charge in [-0.2, -0.15) is 0 Å². The number of anilines is 1. The molecule has 1 heterocycles. The highest BCUT2D eigenvalue weighted by molar-refractivity contribution is 5.80. The number of nitrogens with zero attached hydrogens (tertiary/aromatic N) is 3. The average molecular weight is 446 g/mol. The van der Waals surface area contributed by atoms with Crippen molar-refractivity contribution in [3.63, 3.8) is 0 Å². The molecule has 0 radical (unpaired) electrons. The third-order valence-electron chi connectivity index (χ3n) is 7.20. The van der Waals surface area contributed by atoms with Crippen molar-refractivity contribution in [1.29, 1.82) is 0 Å². The summed E-state index contributed by atoms with van der Waals surface area (Å²) in [5.41, 5.74) is 1.98. The molecule has 1 aromatic rings. The summed E-state index contributed by atoms with van der Waals surface area (Å²) in [5.74, 6) is 1.80. The van der Waals surface area contributed by atoms with Crippen molar-refractivity contribution in [1.82, 2.24) is 9.80 Å². The number of carbonyl (C=O) groups is 1. The second-order valence-corrected chi connectivity index (χ2v) is 10.3. The maximum Gasteiger partial charge on any atom is 0.227 e. The number of amides is 1. The Labute approximate surface area is 194 Å². The van der Waals surface area contributed by atoms with E-state index in [0.29, 0.717) is 13.0 Å². The van der Waals surface area contributed by atoms with Gasteiger partial charge in [0.25, 0.3) is 0 Å². The Hall–Kier alpha value is -1.79. The van der Waals surface area contributed by atoms with Gasteiger partial charge >= 0.3 is 0 Å². The summed E-state index contributed by atoms with van der Waals surface area (Å²) in [6.45, 7) is 6.59. The molecule has 1 fully saturated rings. The van der Waals surface area contributed by atoms with Crippen LogP contribution in [0, 0.1) is 11.8 Å². The van der Waals surface area contributed by atoms with Crippen molar-refractivity contribution < 1.29 is 14.6 Å². The fourth-order valence-corrected chi connectivity index (χ4v) is 5.10. The summed E-state index contributed by atoms with van der Waals surface area (Å²) in [7, 11) is 6.21. The Bertz CT molecular complexity index is 748. The minimum atomic E-state index is -0.204. The van der Waals surface area contributed by atoms with E-state index in [-0.39, 0.29) is 30.6 Å². The molecule has 0 unspecified atom stereocenters. The Morgan fingerprint density at radius 1 is 1.16 bits per heavy atom. The second-order valence-electron chi connectivity index (χ2n) is 10.3. The normalized spacial score (nSPS) is 23.7. The van der Waals surface area contributed by atoms with E-state index in [1.165, 1.54) is 32.1 Å². The molecule has 0 saturated heterocycles. The lowest BCUT2D eigenvalue weighted by atomic mass is 9.89. The Balaban J connectivity index is 1.84. The highest BCUT2D eigenvalue weighted by Crippen LogP contribution is 2.30. The van der Waals surface area contributed by atoms with Crippen LogP contribution in [-0.4, -0.2) is 80.3 Å². The molecule has 6 nitrogen and oxygen atoms in total. The van der Waals surface area contributed by atoms with Crippen LogP contribution in [0.25, 0.3) is 0 Å². The van der Waals surface area contributed by atoms with E-state index in [0.717, 1.165) is 36.0 Å². The van der Waals surface area contributed by atoms with Gasteiger partial charge in [0.15, 0.2) is 0 Å². The number of likely N-dealkylation sites (N-methyl/N-ethyl adjacent to an activating group) is 1. The van der Waals surface area contributed by atoms with E-state index in [4.69, 9.17) is 4.74 Å². The fraction of sp³-hybridized carbons (Fsp3) is 0.731. The van der Waals surface area contributed by atoms with Crippen LogP contribution < -0.4 is 9.64 Å². The highest BCUT2D eigenvalue weighted by atomic mass is 16.5.